The zero-order chi connectivity index (χ0) is 32.9. The van der Waals surface area contributed by atoms with Crippen molar-refractivity contribution in [1.82, 2.24) is 0 Å². The van der Waals surface area contributed by atoms with Crippen LogP contribution in [0.25, 0.3) is 0 Å². The standard InChI is InChI=1S/C40H72O5/c1-3-5-7-9-11-13-15-17-18-19-20-21-23-25-27-29-31-33-35-40(43)45-38(36-41)37-44-39(42)34-32-30-28-26-24-22-16-14-12-10-8-6-4-2/h20-22,24,28,30,38,41H,3-19,23,25-27,29,31-37H2,1-2H3/b21-20+,24-22+,30-28+. The maximum atomic E-state index is 12.1. The first-order chi connectivity index (χ1) is 22.1. The van der Waals surface area contributed by atoms with Crippen molar-refractivity contribution >= 4 is 11.9 Å². The number of aliphatic hydroxyl groups is 1. The highest BCUT2D eigenvalue weighted by Crippen LogP contribution is 2.12. The lowest BCUT2D eigenvalue weighted by Gasteiger charge is -2.15. The second kappa shape index (κ2) is 36.6. The molecule has 5 nitrogen and oxygen atoms in total. The van der Waals surface area contributed by atoms with Crippen LogP contribution in [0.1, 0.15) is 187 Å². The molecule has 0 aromatic carbocycles. The van der Waals surface area contributed by atoms with Crippen LogP contribution in [0.15, 0.2) is 36.5 Å². The fourth-order valence-electron chi connectivity index (χ4n) is 5.25. The van der Waals surface area contributed by atoms with Gasteiger partial charge < -0.3 is 14.6 Å². The van der Waals surface area contributed by atoms with E-state index in [4.69, 9.17) is 9.47 Å². The summed E-state index contributed by atoms with van der Waals surface area (Å²) in [6.45, 7) is 4.07. The second-order valence-corrected chi connectivity index (χ2v) is 12.6. The Morgan fingerprint density at radius 1 is 0.511 bits per heavy atom. The average Bonchev–Trinajstić information content (AvgIpc) is 3.04. The van der Waals surface area contributed by atoms with Crippen LogP contribution in [0.3, 0.4) is 0 Å². The van der Waals surface area contributed by atoms with E-state index in [1.54, 1.807) is 0 Å². The molecule has 0 aliphatic heterocycles. The van der Waals surface area contributed by atoms with Gasteiger partial charge in [0.05, 0.1) is 6.61 Å². The first-order valence-electron chi connectivity index (χ1n) is 19.0. The van der Waals surface area contributed by atoms with Crippen LogP contribution < -0.4 is 0 Å². The van der Waals surface area contributed by atoms with Crippen LogP contribution in [0.2, 0.25) is 0 Å². The highest BCUT2D eigenvalue weighted by molar-refractivity contribution is 5.70. The summed E-state index contributed by atoms with van der Waals surface area (Å²) in [5.41, 5.74) is 0. The molecule has 0 saturated heterocycles. The molecule has 1 N–H and O–H groups in total. The molecule has 0 saturated carbocycles. The third kappa shape index (κ3) is 34.8. The number of unbranched alkanes of at least 4 members (excludes halogenated alkanes) is 20. The van der Waals surface area contributed by atoms with E-state index < -0.39 is 6.10 Å². The number of allylic oxidation sites excluding steroid dienone is 6. The van der Waals surface area contributed by atoms with Crippen LogP contribution in [0, 0.1) is 0 Å². The Labute approximate surface area is 278 Å². The zero-order valence-electron chi connectivity index (χ0n) is 29.6. The first-order valence-corrected chi connectivity index (χ1v) is 19.0. The maximum Gasteiger partial charge on any atom is 0.306 e. The third-order valence-corrected chi connectivity index (χ3v) is 8.17. The number of hydrogen-bond acceptors (Lipinski definition) is 5. The van der Waals surface area contributed by atoms with Gasteiger partial charge in [0.2, 0.25) is 0 Å². The van der Waals surface area contributed by atoms with E-state index in [1.807, 2.05) is 6.08 Å². The molecule has 0 aliphatic rings. The van der Waals surface area contributed by atoms with Crippen LogP contribution in [-0.4, -0.2) is 36.4 Å². The van der Waals surface area contributed by atoms with Gasteiger partial charge in [-0.3, -0.25) is 9.59 Å². The number of carbonyl (C=O) groups excluding carboxylic acids is 2. The van der Waals surface area contributed by atoms with Gasteiger partial charge in [0.25, 0.3) is 0 Å². The lowest BCUT2D eigenvalue weighted by Crippen LogP contribution is -2.28. The molecule has 0 spiro atoms. The summed E-state index contributed by atoms with van der Waals surface area (Å²) >= 11 is 0. The van der Waals surface area contributed by atoms with Gasteiger partial charge in [0, 0.05) is 12.8 Å². The van der Waals surface area contributed by atoms with Crippen molar-refractivity contribution in [2.75, 3.05) is 13.2 Å². The predicted molar refractivity (Wildman–Crippen MR) is 191 cm³/mol. The molecule has 1 atom stereocenters. The van der Waals surface area contributed by atoms with Gasteiger partial charge in [-0.15, -0.1) is 0 Å². The minimum atomic E-state index is -0.795. The molecule has 0 aromatic rings. The van der Waals surface area contributed by atoms with E-state index >= 15 is 0 Å². The van der Waals surface area contributed by atoms with Crippen molar-refractivity contribution in [3.8, 4) is 0 Å². The van der Waals surface area contributed by atoms with E-state index in [1.165, 1.54) is 116 Å². The smallest absolute Gasteiger partial charge is 0.306 e. The molecule has 0 bridgehead atoms. The second-order valence-electron chi connectivity index (χ2n) is 12.6. The summed E-state index contributed by atoms with van der Waals surface area (Å²) in [5, 5.41) is 9.52. The molecule has 0 aliphatic carbocycles. The molecule has 0 heterocycles. The Kier molecular flexibility index (Phi) is 35.1. The normalized spacial score (nSPS) is 12.5. The molecular formula is C40H72O5. The topological polar surface area (TPSA) is 72.8 Å². The summed E-state index contributed by atoms with van der Waals surface area (Å²) in [5.74, 6) is -0.678. The molecule has 0 amide bonds. The van der Waals surface area contributed by atoms with E-state index in [2.05, 4.69) is 44.2 Å². The highest BCUT2D eigenvalue weighted by Gasteiger charge is 2.15. The third-order valence-electron chi connectivity index (χ3n) is 8.17. The van der Waals surface area contributed by atoms with Crippen LogP contribution in [-0.2, 0) is 19.1 Å². The Balaban J connectivity index is 3.63. The molecule has 45 heavy (non-hydrogen) atoms. The summed E-state index contributed by atoms with van der Waals surface area (Å²) in [6.07, 6.45) is 43.6. The monoisotopic (exact) mass is 633 g/mol. The van der Waals surface area contributed by atoms with Crippen molar-refractivity contribution in [3.05, 3.63) is 36.5 Å². The van der Waals surface area contributed by atoms with Gasteiger partial charge in [-0.05, 0) is 57.8 Å². The molecule has 0 rings (SSSR count). The fourth-order valence-corrected chi connectivity index (χ4v) is 5.25. The molecule has 0 radical (unpaired) electrons. The van der Waals surface area contributed by atoms with Crippen LogP contribution >= 0.6 is 0 Å². The number of hydrogen-bond donors (Lipinski definition) is 1. The van der Waals surface area contributed by atoms with Gasteiger partial charge in [-0.1, -0.05) is 153 Å². The predicted octanol–water partition coefficient (Wildman–Crippen LogP) is 11.7. The van der Waals surface area contributed by atoms with Gasteiger partial charge in [0.15, 0.2) is 6.10 Å². The van der Waals surface area contributed by atoms with Crippen LogP contribution in [0.5, 0.6) is 0 Å². The number of ether oxygens (including phenoxy) is 2. The quantitative estimate of drug-likeness (QED) is 0.0434. The number of rotatable bonds is 34. The minimum absolute atomic E-state index is 0.0986. The lowest BCUT2D eigenvalue weighted by atomic mass is 10.1. The lowest BCUT2D eigenvalue weighted by molar-refractivity contribution is -0.161. The summed E-state index contributed by atoms with van der Waals surface area (Å²) in [4.78, 5) is 24.1. The minimum Gasteiger partial charge on any atom is -0.462 e. The highest BCUT2D eigenvalue weighted by atomic mass is 16.6. The molecule has 1 unspecified atom stereocenters. The molecule has 5 heteroatoms. The Bertz CT molecular complexity index is 726. The maximum absolute atomic E-state index is 12.1. The van der Waals surface area contributed by atoms with Gasteiger partial charge in [0.1, 0.15) is 6.61 Å². The molecule has 0 aromatic heterocycles. The van der Waals surface area contributed by atoms with E-state index in [0.29, 0.717) is 12.8 Å². The molecule has 0 fully saturated rings. The number of esters is 2. The molecular weight excluding hydrogens is 560 g/mol. The Hall–Kier alpha value is -1.88. The SMILES string of the molecule is CCCCCCCC/C=C/C/C=C/CCC(=O)OCC(CO)OC(=O)CCCCCCC/C=C/CCCCCCCCCCC. The van der Waals surface area contributed by atoms with E-state index in [-0.39, 0.29) is 31.6 Å². The van der Waals surface area contributed by atoms with Gasteiger partial charge >= 0.3 is 11.9 Å². The van der Waals surface area contributed by atoms with Crippen molar-refractivity contribution < 1.29 is 24.2 Å². The van der Waals surface area contributed by atoms with Crippen molar-refractivity contribution in [2.45, 2.75) is 193 Å². The number of aliphatic hydroxyl groups excluding tert-OH is 1. The van der Waals surface area contributed by atoms with E-state index in [9.17, 15) is 14.7 Å². The van der Waals surface area contributed by atoms with Gasteiger partial charge in [-0.25, -0.2) is 0 Å². The first kappa shape index (κ1) is 43.1. The summed E-state index contributed by atoms with van der Waals surface area (Å²) in [7, 11) is 0. The van der Waals surface area contributed by atoms with Crippen molar-refractivity contribution in [3.63, 3.8) is 0 Å². The Morgan fingerprint density at radius 2 is 0.933 bits per heavy atom. The van der Waals surface area contributed by atoms with Crippen LogP contribution in [0.4, 0.5) is 0 Å². The summed E-state index contributed by atoms with van der Waals surface area (Å²) in [6, 6.07) is 0. The number of carbonyl (C=O) groups is 2. The summed E-state index contributed by atoms with van der Waals surface area (Å²) < 4.78 is 10.5. The van der Waals surface area contributed by atoms with Gasteiger partial charge in [-0.2, -0.15) is 0 Å². The average molecular weight is 633 g/mol. The Morgan fingerprint density at radius 3 is 1.42 bits per heavy atom. The zero-order valence-corrected chi connectivity index (χ0v) is 29.6. The van der Waals surface area contributed by atoms with E-state index in [0.717, 1.165) is 38.5 Å². The molecule has 262 valence electrons. The fraction of sp³-hybridized carbons (Fsp3) is 0.800. The van der Waals surface area contributed by atoms with Crippen molar-refractivity contribution in [1.29, 1.82) is 0 Å². The largest absolute Gasteiger partial charge is 0.462 e. The van der Waals surface area contributed by atoms with Crippen molar-refractivity contribution in [2.24, 2.45) is 0 Å².